The number of hydrogen-bond donors (Lipinski definition) is 1. The highest BCUT2D eigenvalue weighted by Crippen LogP contribution is 2.18. The number of carbonyl (C=O) groups is 1. The third kappa shape index (κ3) is 4.18. The quantitative estimate of drug-likeness (QED) is 0.609. The van der Waals surface area contributed by atoms with Crippen LogP contribution >= 0.6 is 0 Å². The van der Waals surface area contributed by atoms with Crippen molar-refractivity contribution in [2.24, 2.45) is 0 Å². The summed E-state index contributed by atoms with van der Waals surface area (Å²) in [5.74, 6) is 0.626. The molecule has 1 heterocycles. The molecule has 0 bridgehead atoms. The molecule has 110 valence electrons. The largest absolute Gasteiger partial charge is 0.370 e. The Labute approximate surface area is 118 Å². The van der Waals surface area contributed by atoms with E-state index >= 15 is 0 Å². The summed E-state index contributed by atoms with van der Waals surface area (Å²) < 4.78 is 0. The van der Waals surface area contributed by atoms with Gasteiger partial charge in [0.15, 0.2) is 0 Å². The van der Waals surface area contributed by atoms with E-state index in [-0.39, 0.29) is 11.6 Å². The molecule has 0 aliphatic carbocycles. The third-order valence-electron chi connectivity index (χ3n) is 3.04. The molecule has 0 aromatic carbocycles. The van der Waals surface area contributed by atoms with Gasteiger partial charge in [0.1, 0.15) is 12.0 Å². The number of rotatable bonds is 7. The van der Waals surface area contributed by atoms with E-state index in [1.54, 1.807) is 17.9 Å². The van der Waals surface area contributed by atoms with Gasteiger partial charge < -0.3 is 10.2 Å². The maximum Gasteiger partial charge on any atom is 0.290 e. The Bertz CT molecular complexity index is 487. The topological polar surface area (TPSA) is 88.4 Å². The van der Waals surface area contributed by atoms with Gasteiger partial charge in [0.05, 0.1) is 4.92 Å². The van der Waals surface area contributed by atoms with E-state index in [9.17, 15) is 14.9 Å². The van der Waals surface area contributed by atoms with Gasteiger partial charge in [-0.25, -0.2) is 4.98 Å². The summed E-state index contributed by atoms with van der Waals surface area (Å²) in [6.45, 7) is 7.40. The fourth-order valence-corrected chi connectivity index (χ4v) is 1.87. The minimum atomic E-state index is -0.462. The van der Waals surface area contributed by atoms with E-state index < -0.39 is 4.92 Å². The SMILES string of the molecule is CCN(CC)C(=O)CCNc1cc(C)c([N+](=O)[O-])cn1. The molecule has 20 heavy (non-hydrogen) atoms. The molecular formula is C13H20N4O3. The number of nitro groups is 1. The van der Waals surface area contributed by atoms with Crippen LogP contribution in [0.1, 0.15) is 25.8 Å². The number of pyridine rings is 1. The standard InChI is InChI=1S/C13H20N4O3/c1-4-16(5-2)13(18)6-7-14-12-8-10(3)11(9-15-12)17(19)20/h8-9H,4-7H2,1-3H3,(H,14,15). The van der Waals surface area contributed by atoms with Crippen molar-refractivity contribution in [2.45, 2.75) is 27.2 Å². The molecule has 0 saturated heterocycles. The highest BCUT2D eigenvalue weighted by atomic mass is 16.6. The second kappa shape index (κ2) is 7.42. The normalized spacial score (nSPS) is 10.2. The van der Waals surface area contributed by atoms with Crippen molar-refractivity contribution in [1.29, 1.82) is 0 Å². The van der Waals surface area contributed by atoms with Gasteiger partial charge in [-0.1, -0.05) is 0 Å². The highest BCUT2D eigenvalue weighted by Gasteiger charge is 2.12. The van der Waals surface area contributed by atoms with E-state index in [0.717, 1.165) is 0 Å². The molecule has 0 aliphatic rings. The van der Waals surface area contributed by atoms with E-state index in [1.165, 1.54) is 6.20 Å². The maximum absolute atomic E-state index is 11.8. The lowest BCUT2D eigenvalue weighted by molar-refractivity contribution is -0.385. The number of nitrogens with zero attached hydrogens (tertiary/aromatic N) is 3. The summed E-state index contributed by atoms with van der Waals surface area (Å²) in [6.07, 6.45) is 1.60. The number of aryl methyl sites for hydroxylation is 1. The maximum atomic E-state index is 11.8. The summed E-state index contributed by atoms with van der Waals surface area (Å²) in [5, 5.41) is 13.7. The van der Waals surface area contributed by atoms with Crippen LogP contribution < -0.4 is 5.32 Å². The Morgan fingerprint density at radius 2 is 2.10 bits per heavy atom. The van der Waals surface area contributed by atoms with Gasteiger partial charge in [-0.15, -0.1) is 0 Å². The van der Waals surface area contributed by atoms with Crippen molar-refractivity contribution >= 4 is 17.4 Å². The highest BCUT2D eigenvalue weighted by molar-refractivity contribution is 5.76. The average molecular weight is 280 g/mol. The second-order valence-electron chi connectivity index (χ2n) is 4.36. The van der Waals surface area contributed by atoms with Crippen LogP contribution in [0, 0.1) is 17.0 Å². The predicted octanol–water partition coefficient (Wildman–Crippen LogP) is 1.97. The van der Waals surface area contributed by atoms with Crippen LogP contribution in [0.5, 0.6) is 0 Å². The summed E-state index contributed by atoms with van der Waals surface area (Å²) >= 11 is 0. The van der Waals surface area contributed by atoms with Crippen LogP contribution in [-0.2, 0) is 4.79 Å². The first kappa shape index (κ1) is 15.9. The summed E-state index contributed by atoms with van der Waals surface area (Å²) in [7, 11) is 0. The lowest BCUT2D eigenvalue weighted by atomic mass is 10.2. The molecule has 1 aromatic rings. The monoisotopic (exact) mass is 280 g/mol. The number of anilines is 1. The molecule has 1 aromatic heterocycles. The van der Waals surface area contributed by atoms with Gasteiger partial charge in [0.2, 0.25) is 5.91 Å². The minimum Gasteiger partial charge on any atom is -0.370 e. The molecule has 1 rings (SSSR count). The number of carbonyl (C=O) groups excluding carboxylic acids is 1. The van der Waals surface area contributed by atoms with Crippen molar-refractivity contribution < 1.29 is 9.72 Å². The van der Waals surface area contributed by atoms with E-state index in [4.69, 9.17) is 0 Å². The van der Waals surface area contributed by atoms with Gasteiger partial charge >= 0.3 is 0 Å². The van der Waals surface area contributed by atoms with Crippen molar-refractivity contribution in [3.8, 4) is 0 Å². The van der Waals surface area contributed by atoms with Gasteiger partial charge in [0, 0.05) is 31.6 Å². The predicted molar refractivity (Wildman–Crippen MR) is 76.7 cm³/mol. The first-order valence-corrected chi connectivity index (χ1v) is 6.62. The zero-order chi connectivity index (χ0) is 15.1. The Balaban J connectivity index is 2.53. The Kier molecular flexibility index (Phi) is 5.89. The molecule has 0 unspecified atom stereocenters. The van der Waals surface area contributed by atoms with Crippen LogP contribution in [0.4, 0.5) is 11.5 Å². The van der Waals surface area contributed by atoms with Crippen LogP contribution in [0.25, 0.3) is 0 Å². The van der Waals surface area contributed by atoms with Gasteiger partial charge in [-0.3, -0.25) is 14.9 Å². The number of nitrogens with one attached hydrogen (secondary N) is 1. The molecule has 1 amide bonds. The number of aromatic nitrogens is 1. The zero-order valence-electron chi connectivity index (χ0n) is 12.0. The average Bonchev–Trinajstić information content (AvgIpc) is 2.39. The summed E-state index contributed by atoms with van der Waals surface area (Å²) in [4.78, 5) is 27.7. The van der Waals surface area contributed by atoms with Crippen molar-refractivity contribution in [2.75, 3.05) is 25.0 Å². The molecule has 0 saturated carbocycles. The van der Waals surface area contributed by atoms with Gasteiger partial charge in [0.25, 0.3) is 5.69 Å². The van der Waals surface area contributed by atoms with Gasteiger partial charge in [-0.05, 0) is 26.8 Å². The van der Waals surface area contributed by atoms with E-state index in [2.05, 4.69) is 10.3 Å². The van der Waals surface area contributed by atoms with Crippen molar-refractivity contribution in [3.63, 3.8) is 0 Å². The first-order valence-electron chi connectivity index (χ1n) is 6.62. The lowest BCUT2D eigenvalue weighted by Crippen LogP contribution is -2.31. The van der Waals surface area contributed by atoms with Crippen molar-refractivity contribution in [3.05, 3.63) is 27.9 Å². The third-order valence-corrected chi connectivity index (χ3v) is 3.04. The zero-order valence-corrected chi connectivity index (χ0v) is 12.0. The lowest BCUT2D eigenvalue weighted by Gasteiger charge is -2.18. The van der Waals surface area contributed by atoms with Gasteiger partial charge in [-0.2, -0.15) is 0 Å². The van der Waals surface area contributed by atoms with Crippen LogP contribution in [0.3, 0.4) is 0 Å². The Morgan fingerprint density at radius 3 is 2.60 bits per heavy atom. The molecule has 0 radical (unpaired) electrons. The molecule has 0 atom stereocenters. The Hall–Kier alpha value is -2.18. The van der Waals surface area contributed by atoms with Crippen LogP contribution in [-0.4, -0.2) is 40.3 Å². The second-order valence-corrected chi connectivity index (χ2v) is 4.36. The summed E-state index contributed by atoms with van der Waals surface area (Å²) in [5.41, 5.74) is 0.539. The van der Waals surface area contributed by atoms with Crippen LogP contribution in [0.2, 0.25) is 0 Å². The molecule has 0 aliphatic heterocycles. The van der Waals surface area contributed by atoms with Crippen molar-refractivity contribution in [1.82, 2.24) is 9.88 Å². The van der Waals surface area contributed by atoms with E-state index in [1.807, 2.05) is 13.8 Å². The molecular weight excluding hydrogens is 260 g/mol. The molecule has 1 N–H and O–H groups in total. The molecule has 0 spiro atoms. The number of hydrogen-bond acceptors (Lipinski definition) is 5. The minimum absolute atomic E-state index is 0.00484. The fourth-order valence-electron chi connectivity index (χ4n) is 1.87. The first-order chi connectivity index (χ1) is 9.49. The van der Waals surface area contributed by atoms with Crippen LogP contribution in [0.15, 0.2) is 12.3 Å². The molecule has 0 fully saturated rings. The smallest absolute Gasteiger partial charge is 0.290 e. The summed E-state index contributed by atoms with van der Waals surface area (Å²) in [6, 6.07) is 1.61. The number of amides is 1. The molecule has 7 nitrogen and oxygen atoms in total. The van der Waals surface area contributed by atoms with E-state index in [0.29, 0.717) is 37.4 Å². The molecule has 7 heteroatoms. The Morgan fingerprint density at radius 1 is 1.45 bits per heavy atom. The fraction of sp³-hybridized carbons (Fsp3) is 0.538.